The number of nitrogens with zero attached hydrogens (tertiary/aromatic N) is 2. The van der Waals surface area contributed by atoms with Gasteiger partial charge in [-0.15, -0.1) is 11.3 Å². The minimum Gasteiger partial charge on any atom is -0.355 e. The highest BCUT2D eigenvalue weighted by Gasteiger charge is 2.59. The van der Waals surface area contributed by atoms with Crippen molar-refractivity contribution in [2.24, 2.45) is 11.3 Å². The first-order valence-corrected chi connectivity index (χ1v) is 10.6. The summed E-state index contributed by atoms with van der Waals surface area (Å²) in [5.41, 5.74) is 4.04. The molecule has 3 heterocycles. The van der Waals surface area contributed by atoms with E-state index in [2.05, 4.69) is 40.5 Å². The second kappa shape index (κ2) is 6.84. The number of thiazole rings is 1. The van der Waals surface area contributed by atoms with Crippen molar-refractivity contribution in [2.45, 2.75) is 64.5 Å². The van der Waals surface area contributed by atoms with Gasteiger partial charge in [-0.3, -0.25) is 9.69 Å². The Morgan fingerprint density at radius 3 is 2.92 bits per heavy atom. The fourth-order valence-electron chi connectivity index (χ4n) is 4.77. The molecule has 25 heavy (non-hydrogen) atoms. The second-order valence-electron chi connectivity index (χ2n) is 8.40. The molecule has 1 aliphatic carbocycles. The zero-order chi connectivity index (χ0) is 17.4. The topological polar surface area (TPSA) is 45.2 Å². The van der Waals surface area contributed by atoms with Gasteiger partial charge in [-0.25, -0.2) is 4.98 Å². The average Bonchev–Trinajstić information content (AvgIpc) is 3.00. The van der Waals surface area contributed by atoms with Crippen molar-refractivity contribution in [2.75, 3.05) is 13.1 Å². The van der Waals surface area contributed by atoms with Gasteiger partial charge in [0.25, 0.3) is 0 Å². The largest absolute Gasteiger partial charge is 0.355 e. The first kappa shape index (κ1) is 17.2. The Balaban J connectivity index is 1.57. The molecular formula is C20H29N3OS. The van der Waals surface area contributed by atoms with Gasteiger partial charge in [0.2, 0.25) is 5.91 Å². The maximum Gasteiger partial charge on any atom is 0.228 e. The van der Waals surface area contributed by atoms with Crippen LogP contribution in [0.25, 0.3) is 0 Å². The molecule has 2 bridgehead atoms. The van der Waals surface area contributed by atoms with E-state index < -0.39 is 0 Å². The van der Waals surface area contributed by atoms with E-state index in [1.165, 1.54) is 24.8 Å². The monoisotopic (exact) mass is 359 g/mol. The van der Waals surface area contributed by atoms with Crippen LogP contribution in [0.15, 0.2) is 22.5 Å². The zero-order valence-corrected chi connectivity index (χ0v) is 16.1. The van der Waals surface area contributed by atoms with Gasteiger partial charge >= 0.3 is 0 Å². The van der Waals surface area contributed by atoms with Crippen molar-refractivity contribution in [1.29, 1.82) is 0 Å². The summed E-state index contributed by atoms with van der Waals surface area (Å²) in [4.78, 5) is 20.4. The summed E-state index contributed by atoms with van der Waals surface area (Å²) in [5.74, 6) is 1.00. The lowest BCUT2D eigenvalue weighted by Crippen LogP contribution is -2.51. The number of fused-ring (bicyclic) bond motifs is 2. The first-order chi connectivity index (χ1) is 12.1. The summed E-state index contributed by atoms with van der Waals surface area (Å²) in [5, 5.41) is 5.42. The summed E-state index contributed by atoms with van der Waals surface area (Å²) in [6.45, 7) is 6.15. The van der Waals surface area contributed by atoms with Crippen molar-refractivity contribution in [3.05, 3.63) is 28.2 Å². The van der Waals surface area contributed by atoms with E-state index in [1.54, 1.807) is 11.3 Å². The van der Waals surface area contributed by atoms with Gasteiger partial charge in [0.05, 0.1) is 16.6 Å². The van der Waals surface area contributed by atoms with Crippen molar-refractivity contribution in [3.63, 3.8) is 0 Å². The van der Waals surface area contributed by atoms with Gasteiger partial charge in [0, 0.05) is 37.0 Å². The molecule has 2 aliphatic heterocycles. The third kappa shape index (κ3) is 3.41. The normalized spacial score (nSPS) is 31.3. The predicted molar refractivity (Wildman–Crippen MR) is 102 cm³/mol. The summed E-state index contributed by atoms with van der Waals surface area (Å²) in [7, 11) is 0. The molecule has 1 aromatic heterocycles. The molecule has 2 saturated heterocycles. The number of hydrogen-bond donors (Lipinski definition) is 1. The van der Waals surface area contributed by atoms with Crippen molar-refractivity contribution < 1.29 is 4.79 Å². The van der Waals surface area contributed by atoms with Crippen LogP contribution >= 0.6 is 11.3 Å². The number of carbonyl (C=O) groups is 1. The first-order valence-electron chi connectivity index (χ1n) is 9.63. The predicted octanol–water partition coefficient (Wildman–Crippen LogP) is 3.40. The lowest BCUT2D eigenvalue weighted by Gasteiger charge is -2.36. The smallest absolute Gasteiger partial charge is 0.228 e. The number of aromatic nitrogens is 1. The molecule has 1 N–H and O–H groups in total. The number of rotatable bonds is 7. The lowest BCUT2D eigenvalue weighted by molar-refractivity contribution is -0.133. The van der Waals surface area contributed by atoms with Gasteiger partial charge in [-0.05, 0) is 51.9 Å². The van der Waals surface area contributed by atoms with E-state index >= 15 is 0 Å². The highest BCUT2D eigenvalue weighted by molar-refractivity contribution is 7.07. The molecule has 1 amide bonds. The van der Waals surface area contributed by atoms with Crippen LogP contribution < -0.4 is 5.32 Å². The number of hydrogen-bond acceptors (Lipinski definition) is 4. The summed E-state index contributed by atoms with van der Waals surface area (Å²) in [6, 6.07) is 0.903. The van der Waals surface area contributed by atoms with Crippen LogP contribution in [0.1, 0.15) is 51.6 Å². The highest BCUT2D eigenvalue weighted by atomic mass is 32.1. The minimum atomic E-state index is -0.290. The SMILES string of the molecule is CC(C)=CCN1[C@@H]2CC[C@H]1[C@@](Cc1cscn1)(C(=O)NCC1CC1)C2. The van der Waals surface area contributed by atoms with Crippen molar-refractivity contribution in [3.8, 4) is 0 Å². The van der Waals surface area contributed by atoms with Gasteiger partial charge in [-0.2, -0.15) is 0 Å². The maximum absolute atomic E-state index is 13.3. The minimum absolute atomic E-state index is 0.279. The van der Waals surface area contributed by atoms with Crippen LogP contribution in [-0.4, -0.2) is 41.0 Å². The second-order valence-corrected chi connectivity index (χ2v) is 9.11. The van der Waals surface area contributed by atoms with Gasteiger partial charge in [0.15, 0.2) is 0 Å². The number of amides is 1. The molecule has 3 aliphatic rings. The standard InChI is InChI=1S/C20H29N3OS/c1-14(2)7-8-23-17-5-6-18(23)20(10-17,9-16-12-25-13-22-16)19(24)21-11-15-3-4-15/h7,12-13,15,17-18H,3-6,8-11H2,1-2H3,(H,21,24)/t17-,18+,20+/m1/s1. The van der Waals surface area contributed by atoms with Gasteiger partial charge in [0.1, 0.15) is 0 Å². The summed E-state index contributed by atoms with van der Waals surface area (Å²) in [6.07, 6.45) is 9.02. The molecule has 5 heteroatoms. The number of carbonyl (C=O) groups excluding carboxylic acids is 1. The van der Waals surface area contributed by atoms with Crippen LogP contribution in [0.4, 0.5) is 0 Å². The van der Waals surface area contributed by atoms with Crippen LogP contribution in [0.5, 0.6) is 0 Å². The third-order valence-electron chi connectivity index (χ3n) is 6.27. The Labute approximate surface area is 154 Å². The maximum atomic E-state index is 13.3. The molecule has 1 saturated carbocycles. The summed E-state index contributed by atoms with van der Waals surface area (Å²) >= 11 is 1.63. The van der Waals surface area contributed by atoms with E-state index in [4.69, 9.17) is 0 Å². The lowest BCUT2D eigenvalue weighted by atomic mass is 9.70. The molecule has 1 aromatic rings. The Kier molecular flexibility index (Phi) is 4.71. The summed E-state index contributed by atoms with van der Waals surface area (Å²) < 4.78 is 0. The molecule has 4 rings (SSSR count). The molecule has 3 atom stereocenters. The molecule has 0 radical (unpaired) electrons. The Morgan fingerprint density at radius 1 is 1.40 bits per heavy atom. The third-order valence-corrected chi connectivity index (χ3v) is 6.91. The molecule has 136 valence electrons. The van der Waals surface area contributed by atoms with E-state index in [9.17, 15) is 4.79 Å². The Morgan fingerprint density at radius 2 is 2.24 bits per heavy atom. The Hall–Kier alpha value is -1.20. The van der Waals surface area contributed by atoms with Crippen molar-refractivity contribution in [1.82, 2.24) is 15.2 Å². The molecular weight excluding hydrogens is 330 g/mol. The van der Waals surface area contributed by atoms with Crippen LogP contribution in [-0.2, 0) is 11.2 Å². The van der Waals surface area contributed by atoms with Gasteiger partial charge < -0.3 is 5.32 Å². The van der Waals surface area contributed by atoms with Crippen LogP contribution in [0, 0.1) is 11.3 Å². The fraction of sp³-hybridized carbons (Fsp3) is 0.700. The average molecular weight is 360 g/mol. The van der Waals surface area contributed by atoms with Crippen molar-refractivity contribution >= 4 is 17.2 Å². The van der Waals surface area contributed by atoms with Gasteiger partial charge in [-0.1, -0.05) is 11.6 Å². The number of nitrogens with one attached hydrogen (secondary N) is 1. The zero-order valence-electron chi connectivity index (χ0n) is 15.3. The van der Waals surface area contributed by atoms with E-state index in [-0.39, 0.29) is 11.3 Å². The van der Waals surface area contributed by atoms with E-state index in [0.29, 0.717) is 12.1 Å². The fourth-order valence-corrected chi connectivity index (χ4v) is 5.33. The van der Waals surface area contributed by atoms with E-state index in [0.717, 1.165) is 44.0 Å². The highest BCUT2D eigenvalue weighted by Crippen LogP contribution is 2.51. The quantitative estimate of drug-likeness (QED) is 0.759. The molecule has 4 nitrogen and oxygen atoms in total. The van der Waals surface area contributed by atoms with E-state index in [1.807, 2.05) is 5.51 Å². The molecule has 0 unspecified atom stereocenters. The van der Waals surface area contributed by atoms with Crippen LogP contribution in [0.3, 0.4) is 0 Å². The molecule has 0 aromatic carbocycles. The molecule has 0 spiro atoms. The number of allylic oxidation sites excluding steroid dienone is 1. The molecule has 3 fully saturated rings. The van der Waals surface area contributed by atoms with Crippen LogP contribution in [0.2, 0.25) is 0 Å². The Bertz CT molecular complexity index is 648.